The first kappa shape index (κ1) is 25.0. The van der Waals surface area contributed by atoms with E-state index < -0.39 is 21.5 Å². The summed E-state index contributed by atoms with van der Waals surface area (Å²) in [5.74, 6) is -0.642. The Morgan fingerprint density at radius 2 is 1.94 bits per heavy atom. The van der Waals surface area contributed by atoms with Gasteiger partial charge in [0.2, 0.25) is 0 Å². The second kappa shape index (κ2) is 10.2. The lowest BCUT2D eigenvalue weighted by Gasteiger charge is -2.36. The SMILES string of the molecule is CCC(C)N1CCOc2c(F)cc(-c3nc(Cc4ccc(CCS(C)(=O)=O)cn4)ncc3F)cc21. The molecule has 1 aromatic carbocycles. The fourth-order valence-electron chi connectivity index (χ4n) is 3.98. The zero-order valence-electron chi connectivity index (χ0n) is 20.0. The third-order valence-corrected chi connectivity index (χ3v) is 7.03. The zero-order valence-corrected chi connectivity index (χ0v) is 20.8. The van der Waals surface area contributed by atoms with Crippen LogP contribution in [-0.4, -0.2) is 54.6 Å². The Balaban J connectivity index is 1.60. The van der Waals surface area contributed by atoms with Crippen LogP contribution in [0.3, 0.4) is 0 Å². The highest BCUT2D eigenvalue weighted by molar-refractivity contribution is 7.90. The quantitative estimate of drug-likeness (QED) is 0.460. The molecule has 0 fully saturated rings. The fraction of sp³-hybridized carbons (Fsp3) is 0.400. The number of nitrogens with zero attached hydrogens (tertiary/aromatic N) is 4. The van der Waals surface area contributed by atoms with E-state index >= 15 is 0 Å². The molecule has 0 amide bonds. The number of pyridine rings is 1. The lowest BCUT2D eigenvalue weighted by molar-refractivity contribution is 0.285. The van der Waals surface area contributed by atoms with Crippen LogP contribution in [0.1, 0.15) is 37.4 Å². The maximum atomic E-state index is 14.9. The molecule has 0 bridgehead atoms. The van der Waals surface area contributed by atoms with Crippen LogP contribution >= 0.6 is 0 Å². The average molecular weight is 503 g/mol. The molecule has 0 N–H and O–H groups in total. The molecular formula is C25H28F2N4O3S. The number of halogens is 2. The standard InChI is InChI=1S/C25H28F2N4O3S/c1-4-16(2)31-8-9-34-25-20(26)11-18(12-22(25)31)24-21(27)15-29-23(30-24)13-19-6-5-17(14-28-19)7-10-35(3,32)33/h5-6,11-12,14-16H,4,7-10,13H2,1-3H3. The molecule has 3 heterocycles. The molecule has 35 heavy (non-hydrogen) atoms. The van der Waals surface area contributed by atoms with Crippen molar-refractivity contribution in [3.63, 3.8) is 0 Å². The number of hydrogen-bond donors (Lipinski definition) is 0. The van der Waals surface area contributed by atoms with Crippen molar-refractivity contribution < 1.29 is 21.9 Å². The number of benzene rings is 1. The summed E-state index contributed by atoms with van der Waals surface area (Å²) < 4.78 is 58.0. The molecule has 0 aliphatic carbocycles. The van der Waals surface area contributed by atoms with Gasteiger partial charge in [-0.05, 0) is 43.5 Å². The van der Waals surface area contributed by atoms with Crippen molar-refractivity contribution in [2.75, 3.05) is 30.1 Å². The molecule has 1 atom stereocenters. The van der Waals surface area contributed by atoms with Crippen molar-refractivity contribution in [3.05, 3.63) is 65.4 Å². The number of ether oxygens (including phenoxy) is 1. The third-order valence-electron chi connectivity index (χ3n) is 6.09. The van der Waals surface area contributed by atoms with E-state index in [0.29, 0.717) is 42.3 Å². The molecule has 0 saturated carbocycles. The molecule has 0 saturated heterocycles. The Morgan fingerprint density at radius 1 is 1.14 bits per heavy atom. The highest BCUT2D eigenvalue weighted by atomic mass is 32.2. The van der Waals surface area contributed by atoms with Crippen LogP contribution in [0, 0.1) is 11.6 Å². The van der Waals surface area contributed by atoms with Crippen LogP contribution < -0.4 is 9.64 Å². The Kier molecular flexibility index (Phi) is 7.30. The normalized spacial score (nSPS) is 14.4. The number of hydrogen-bond acceptors (Lipinski definition) is 7. The van der Waals surface area contributed by atoms with Crippen molar-refractivity contribution in [2.24, 2.45) is 0 Å². The van der Waals surface area contributed by atoms with Crippen molar-refractivity contribution in [1.29, 1.82) is 0 Å². The predicted octanol–water partition coefficient (Wildman–Crippen LogP) is 3.99. The lowest BCUT2D eigenvalue weighted by Crippen LogP contribution is -2.39. The number of aryl methyl sites for hydroxylation is 1. The van der Waals surface area contributed by atoms with Crippen molar-refractivity contribution in [3.8, 4) is 17.0 Å². The number of sulfone groups is 1. The highest BCUT2D eigenvalue weighted by Crippen LogP contribution is 2.39. The first-order valence-corrected chi connectivity index (χ1v) is 13.6. The van der Waals surface area contributed by atoms with Crippen molar-refractivity contribution >= 4 is 15.5 Å². The van der Waals surface area contributed by atoms with Crippen LogP contribution in [0.4, 0.5) is 14.5 Å². The minimum absolute atomic E-state index is 0.0103. The first-order valence-electron chi connectivity index (χ1n) is 11.5. The molecule has 1 aliphatic rings. The number of rotatable bonds is 8. The largest absolute Gasteiger partial charge is 0.486 e. The zero-order chi connectivity index (χ0) is 25.2. The molecule has 0 radical (unpaired) electrons. The third kappa shape index (κ3) is 5.93. The highest BCUT2D eigenvalue weighted by Gasteiger charge is 2.26. The molecule has 4 rings (SSSR count). The van der Waals surface area contributed by atoms with E-state index in [1.165, 1.54) is 12.3 Å². The summed E-state index contributed by atoms with van der Waals surface area (Å²) >= 11 is 0. The summed E-state index contributed by atoms with van der Waals surface area (Å²) in [6.45, 7) is 5.12. The van der Waals surface area contributed by atoms with E-state index in [2.05, 4.69) is 33.7 Å². The molecule has 1 aliphatic heterocycles. The Bertz CT molecular complexity index is 1320. The molecule has 10 heteroatoms. The minimum atomic E-state index is -3.06. The van der Waals surface area contributed by atoms with Gasteiger partial charge in [0, 0.05) is 29.8 Å². The summed E-state index contributed by atoms with van der Waals surface area (Å²) in [5.41, 5.74) is 2.36. The summed E-state index contributed by atoms with van der Waals surface area (Å²) in [5, 5.41) is 0. The van der Waals surface area contributed by atoms with E-state index in [1.54, 1.807) is 24.4 Å². The van der Waals surface area contributed by atoms with E-state index in [1.807, 2.05) is 0 Å². The summed E-state index contributed by atoms with van der Waals surface area (Å²) in [7, 11) is -3.06. The van der Waals surface area contributed by atoms with Gasteiger partial charge in [0.15, 0.2) is 17.4 Å². The van der Waals surface area contributed by atoms with Gasteiger partial charge in [-0.15, -0.1) is 0 Å². The number of aromatic nitrogens is 3. The predicted molar refractivity (Wildman–Crippen MR) is 130 cm³/mol. The lowest BCUT2D eigenvalue weighted by atomic mass is 10.1. The van der Waals surface area contributed by atoms with Crippen molar-refractivity contribution in [1.82, 2.24) is 15.0 Å². The van der Waals surface area contributed by atoms with Gasteiger partial charge < -0.3 is 9.64 Å². The van der Waals surface area contributed by atoms with Crippen LogP contribution in [0.5, 0.6) is 5.75 Å². The minimum Gasteiger partial charge on any atom is -0.486 e. The molecule has 1 unspecified atom stereocenters. The Labute approximate surface area is 204 Å². The molecule has 3 aromatic rings. The van der Waals surface area contributed by atoms with Crippen LogP contribution in [0.25, 0.3) is 11.3 Å². The van der Waals surface area contributed by atoms with Gasteiger partial charge in [-0.3, -0.25) is 4.98 Å². The Hall–Kier alpha value is -3.14. The monoisotopic (exact) mass is 502 g/mol. The maximum Gasteiger partial charge on any atom is 0.178 e. The van der Waals surface area contributed by atoms with Gasteiger partial charge in [-0.1, -0.05) is 13.0 Å². The van der Waals surface area contributed by atoms with Gasteiger partial charge in [-0.2, -0.15) is 0 Å². The number of fused-ring (bicyclic) bond motifs is 1. The smallest absolute Gasteiger partial charge is 0.178 e. The molecular weight excluding hydrogens is 474 g/mol. The maximum absolute atomic E-state index is 14.9. The molecule has 7 nitrogen and oxygen atoms in total. The Morgan fingerprint density at radius 3 is 2.63 bits per heavy atom. The van der Waals surface area contributed by atoms with Crippen LogP contribution in [0.2, 0.25) is 0 Å². The van der Waals surface area contributed by atoms with E-state index in [9.17, 15) is 17.2 Å². The van der Waals surface area contributed by atoms with Crippen molar-refractivity contribution in [2.45, 2.75) is 39.2 Å². The number of anilines is 1. The van der Waals surface area contributed by atoms with Gasteiger partial charge in [0.1, 0.15) is 28.0 Å². The van der Waals surface area contributed by atoms with Crippen LogP contribution in [0.15, 0.2) is 36.7 Å². The first-order chi connectivity index (χ1) is 16.6. The second-order valence-electron chi connectivity index (χ2n) is 8.80. The average Bonchev–Trinajstić information content (AvgIpc) is 2.83. The van der Waals surface area contributed by atoms with Gasteiger partial charge >= 0.3 is 0 Å². The van der Waals surface area contributed by atoms with E-state index in [4.69, 9.17) is 4.74 Å². The summed E-state index contributed by atoms with van der Waals surface area (Å²) in [4.78, 5) is 14.9. The molecule has 2 aromatic heterocycles. The fourth-order valence-corrected chi connectivity index (χ4v) is 4.59. The summed E-state index contributed by atoms with van der Waals surface area (Å²) in [6.07, 6.45) is 5.39. The van der Waals surface area contributed by atoms with Gasteiger partial charge in [0.25, 0.3) is 0 Å². The van der Waals surface area contributed by atoms with E-state index in [0.717, 1.165) is 18.2 Å². The molecule has 0 spiro atoms. The van der Waals surface area contributed by atoms with Gasteiger partial charge in [0.05, 0.1) is 30.6 Å². The second-order valence-corrected chi connectivity index (χ2v) is 11.1. The molecule has 186 valence electrons. The van der Waals surface area contributed by atoms with E-state index in [-0.39, 0.29) is 29.7 Å². The summed E-state index contributed by atoms with van der Waals surface area (Å²) in [6, 6.07) is 6.70. The topological polar surface area (TPSA) is 85.3 Å². The van der Waals surface area contributed by atoms with Crippen LogP contribution in [-0.2, 0) is 22.7 Å². The van der Waals surface area contributed by atoms with Gasteiger partial charge in [-0.25, -0.2) is 27.2 Å².